The van der Waals surface area contributed by atoms with E-state index in [9.17, 15) is 4.79 Å². The number of esters is 1. The summed E-state index contributed by atoms with van der Waals surface area (Å²) in [7, 11) is 0. The molecule has 16 heavy (non-hydrogen) atoms. The maximum Gasteiger partial charge on any atom is 0.363 e. The molecule has 0 amide bonds. The summed E-state index contributed by atoms with van der Waals surface area (Å²) in [5.41, 5.74) is 0.851. The maximum atomic E-state index is 11.5. The standard InChI is InChI=1S/C11H10N2O3/c1-2-15-11(14)9-10(16-13-12-9)8-6-4-3-5-7-8/h3-7H,2H2,1H3. The highest BCUT2D eigenvalue weighted by Gasteiger charge is 2.20. The van der Waals surface area contributed by atoms with Crippen LogP contribution in [-0.2, 0) is 4.74 Å². The molecule has 0 unspecified atom stereocenters. The minimum Gasteiger partial charge on any atom is -0.461 e. The number of ether oxygens (including phenoxy) is 1. The van der Waals surface area contributed by atoms with E-state index in [4.69, 9.17) is 9.26 Å². The molecule has 0 N–H and O–H groups in total. The molecule has 0 radical (unpaired) electrons. The molecule has 1 aromatic heterocycles. The lowest BCUT2D eigenvalue weighted by Crippen LogP contribution is -2.06. The Labute approximate surface area is 92.0 Å². The van der Waals surface area contributed by atoms with Gasteiger partial charge in [-0.05, 0) is 6.92 Å². The summed E-state index contributed by atoms with van der Waals surface area (Å²) in [6.45, 7) is 2.02. The van der Waals surface area contributed by atoms with Crippen molar-refractivity contribution in [3.05, 3.63) is 36.0 Å². The van der Waals surface area contributed by atoms with Gasteiger partial charge in [-0.25, -0.2) is 4.79 Å². The number of rotatable bonds is 3. The molecule has 82 valence electrons. The van der Waals surface area contributed by atoms with Crippen LogP contribution in [0.15, 0.2) is 34.9 Å². The van der Waals surface area contributed by atoms with Crippen molar-refractivity contribution in [1.29, 1.82) is 0 Å². The van der Waals surface area contributed by atoms with Crippen LogP contribution in [0.4, 0.5) is 0 Å². The van der Waals surface area contributed by atoms with Gasteiger partial charge in [0.05, 0.1) is 6.61 Å². The highest BCUT2D eigenvalue weighted by atomic mass is 16.5. The van der Waals surface area contributed by atoms with Crippen molar-refractivity contribution >= 4 is 5.97 Å². The first-order chi connectivity index (χ1) is 7.83. The molecule has 0 saturated heterocycles. The molecule has 0 aliphatic heterocycles. The minimum absolute atomic E-state index is 0.105. The van der Waals surface area contributed by atoms with Gasteiger partial charge >= 0.3 is 5.97 Å². The predicted octanol–water partition coefficient (Wildman–Crippen LogP) is 1.91. The van der Waals surface area contributed by atoms with E-state index in [1.54, 1.807) is 6.92 Å². The molecule has 2 rings (SSSR count). The largest absolute Gasteiger partial charge is 0.461 e. The summed E-state index contributed by atoms with van der Waals surface area (Å²) >= 11 is 0. The third-order valence-electron chi connectivity index (χ3n) is 1.99. The van der Waals surface area contributed by atoms with Gasteiger partial charge in [-0.2, -0.15) is 0 Å². The molecule has 0 aliphatic rings. The molecule has 0 atom stereocenters. The van der Waals surface area contributed by atoms with Gasteiger partial charge in [0.15, 0.2) is 0 Å². The van der Waals surface area contributed by atoms with Crippen LogP contribution >= 0.6 is 0 Å². The Morgan fingerprint density at radius 2 is 2.12 bits per heavy atom. The smallest absolute Gasteiger partial charge is 0.363 e. The Bertz CT molecular complexity index is 479. The Hall–Kier alpha value is -2.17. The fraction of sp³-hybridized carbons (Fsp3) is 0.182. The first-order valence-corrected chi connectivity index (χ1v) is 4.88. The van der Waals surface area contributed by atoms with Crippen molar-refractivity contribution in [3.8, 4) is 11.3 Å². The van der Waals surface area contributed by atoms with Crippen molar-refractivity contribution in [2.75, 3.05) is 6.61 Å². The summed E-state index contributed by atoms with van der Waals surface area (Å²) in [5, 5.41) is 7.00. The zero-order valence-corrected chi connectivity index (χ0v) is 8.71. The average molecular weight is 218 g/mol. The topological polar surface area (TPSA) is 65.2 Å². The molecule has 2 aromatic rings. The van der Waals surface area contributed by atoms with Crippen molar-refractivity contribution in [1.82, 2.24) is 10.4 Å². The third kappa shape index (κ3) is 1.93. The number of nitrogens with zero attached hydrogens (tertiary/aromatic N) is 2. The van der Waals surface area contributed by atoms with Crippen molar-refractivity contribution < 1.29 is 14.1 Å². The second-order valence-electron chi connectivity index (χ2n) is 3.04. The van der Waals surface area contributed by atoms with Crippen LogP contribution in [-0.4, -0.2) is 22.9 Å². The van der Waals surface area contributed by atoms with Crippen LogP contribution in [0.25, 0.3) is 11.3 Å². The van der Waals surface area contributed by atoms with Crippen molar-refractivity contribution in [2.45, 2.75) is 6.92 Å². The van der Waals surface area contributed by atoms with Gasteiger partial charge in [0.25, 0.3) is 0 Å². The summed E-state index contributed by atoms with van der Waals surface area (Å²) < 4.78 is 9.80. The second-order valence-corrected chi connectivity index (χ2v) is 3.04. The molecule has 0 saturated carbocycles. The van der Waals surface area contributed by atoms with E-state index in [0.717, 1.165) is 5.56 Å². The average Bonchev–Trinajstić information content (AvgIpc) is 2.79. The van der Waals surface area contributed by atoms with E-state index in [-0.39, 0.29) is 5.69 Å². The van der Waals surface area contributed by atoms with E-state index in [1.807, 2.05) is 30.3 Å². The molecule has 5 nitrogen and oxygen atoms in total. The van der Waals surface area contributed by atoms with Crippen LogP contribution < -0.4 is 0 Å². The van der Waals surface area contributed by atoms with E-state index in [1.165, 1.54) is 0 Å². The number of benzene rings is 1. The first-order valence-electron chi connectivity index (χ1n) is 4.88. The molecule has 0 aliphatic carbocycles. The number of aromatic nitrogens is 2. The predicted molar refractivity (Wildman–Crippen MR) is 55.7 cm³/mol. The zero-order valence-electron chi connectivity index (χ0n) is 8.71. The molecular weight excluding hydrogens is 208 g/mol. The molecule has 0 spiro atoms. The van der Waals surface area contributed by atoms with Crippen LogP contribution in [0.3, 0.4) is 0 Å². The van der Waals surface area contributed by atoms with E-state index >= 15 is 0 Å². The number of hydrogen-bond acceptors (Lipinski definition) is 5. The Morgan fingerprint density at radius 1 is 1.38 bits per heavy atom. The van der Waals surface area contributed by atoms with Crippen LogP contribution in [0.5, 0.6) is 0 Å². The van der Waals surface area contributed by atoms with Gasteiger partial charge < -0.3 is 9.26 Å². The molecule has 1 aromatic carbocycles. The zero-order chi connectivity index (χ0) is 11.4. The SMILES string of the molecule is CCOC(=O)c1nnoc1-c1ccccc1. The fourth-order valence-electron chi connectivity index (χ4n) is 1.30. The summed E-state index contributed by atoms with van der Waals surface area (Å²) in [6, 6.07) is 9.17. The van der Waals surface area contributed by atoms with Crippen LogP contribution in [0.1, 0.15) is 17.4 Å². The molecular formula is C11H10N2O3. The number of hydrogen-bond donors (Lipinski definition) is 0. The number of carbonyl (C=O) groups is 1. The highest BCUT2D eigenvalue weighted by Crippen LogP contribution is 2.21. The highest BCUT2D eigenvalue weighted by molar-refractivity contribution is 5.93. The Balaban J connectivity index is 2.37. The lowest BCUT2D eigenvalue weighted by Gasteiger charge is -1.99. The Morgan fingerprint density at radius 3 is 2.81 bits per heavy atom. The van der Waals surface area contributed by atoms with Gasteiger partial charge in [0, 0.05) is 10.8 Å². The normalized spacial score (nSPS) is 10.1. The lowest BCUT2D eigenvalue weighted by atomic mass is 10.1. The van der Waals surface area contributed by atoms with Gasteiger partial charge in [-0.1, -0.05) is 30.3 Å². The van der Waals surface area contributed by atoms with Crippen LogP contribution in [0.2, 0.25) is 0 Å². The van der Waals surface area contributed by atoms with E-state index in [0.29, 0.717) is 12.4 Å². The summed E-state index contributed by atoms with van der Waals surface area (Å²) in [5.74, 6) is -0.193. The van der Waals surface area contributed by atoms with Crippen molar-refractivity contribution in [3.63, 3.8) is 0 Å². The van der Waals surface area contributed by atoms with Gasteiger partial charge in [0.2, 0.25) is 11.5 Å². The minimum atomic E-state index is -0.525. The van der Waals surface area contributed by atoms with Gasteiger partial charge in [0.1, 0.15) is 0 Å². The Kier molecular flexibility index (Phi) is 2.95. The number of carbonyl (C=O) groups excluding carboxylic acids is 1. The molecule has 5 heteroatoms. The van der Waals surface area contributed by atoms with Gasteiger partial charge in [-0.15, -0.1) is 5.10 Å². The van der Waals surface area contributed by atoms with Crippen LogP contribution in [0, 0.1) is 0 Å². The van der Waals surface area contributed by atoms with E-state index in [2.05, 4.69) is 10.4 Å². The summed E-state index contributed by atoms with van der Waals surface area (Å²) in [6.07, 6.45) is 0. The maximum absolute atomic E-state index is 11.5. The first kappa shape index (κ1) is 10.4. The summed E-state index contributed by atoms with van der Waals surface area (Å²) in [4.78, 5) is 11.5. The monoisotopic (exact) mass is 218 g/mol. The quantitative estimate of drug-likeness (QED) is 0.736. The van der Waals surface area contributed by atoms with Crippen molar-refractivity contribution in [2.24, 2.45) is 0 Å². The van der Waals surface area contributed by atoms with Gasteiger partial charge in [-0.3, -0.25) is 0 Å². The molecule has 1 heterocycles. The molecule has 0 bridgehead atoms. The third-order valence-corrected chi connectivity index (χ3v) is 1.99. The molecule has 0 fully saturated rings. The van der Waals surface area contributed by atoms with E-state index < -0.39 is 5.97 Å². The fourth-order valence-corrected chi connectivity index (χ4v) is 1.30. The lowest BCUT2D eigenvalue weighted by molar-refractivity contribution is 0.0520. The second kappa shape index (κ2) is 4.57.